The number of carbonyl (C=O) groups excluding carboxylic acids is 2. The maximum absolute atomic E-state index is 13.0. The van der Waals surface area contributed by atoms with E-state index in [2.05, 4.69) is 4.98 Å². The van der Waals surface area contributed by atoms with E-state index in [0.717, 1.165) is 31.1 Å². The van der Waals surface area contributed by atoms with Crippen molar-refractivity contribution in [3.05, 3.63) is 36.0 Å². The number of benzene rings is 1. The van der Waals surface area contributed by atoms with Crippen LogP contribution in [0.3, 0.4) is 0 Å². The largest absolute Gasteiger partial charge is 0.496 e. The molecule has 0 unspecified atom stereocenters. The Morgan fingerprint density at radius 3 is 2.60 bits per heavy atom. The molecule has 1 aliphatic heterocycles. The lowest BCUT2D eigenvalue weighted by Crippen LogP contribution is -2.48. The summed E-state index contributed by atoms with van der Waals surface area (Å²) in [7, 11) is 1.58. The van der Waals surface area contributed by atoms with Crippen LogP contribution in [-0.4, -0.2) is 47.0 Å². The average Bonchev–Trinajstić information content (AvgIpc) is 3.08. The van der Waals surface area contributed by atoms with E-state index in [9.17, 15) is 9.59 Å². The van der Waals surface area contributed by atoms with Gasteiger partial charge in [-0.3, -0.25) is 14.6 Å². The summed E-state index contributed by atoms with van der Waals surface area (Å²) in [5, 5.41) is 4.04. The number of hydrazine groups is 1. The fraction of sp³-hybridized carbons (Fsp3) is 0.421. The van der Waals surface area contributed by atoms with E-state index in [0.29, 0.717) is 30.0 Å². The predicted octanol–water partition coefficient (Wildman–Crippen LogP) is 2.63. The van der Waals surface area contributed by atoms with Crippen molar-refractivity contribution >= 4 is 22.7 Å². The van der Waals surface area contributed by atoms with Crippen LogP contribution >= 0.6 is 0 Å². The van der Waals surface area contributed by atoms with Gasteiger partial charge in [0, 0.05) is 30.5 Å². The van der Waals surface area contributed by atoms with E-state index in [4.69, 9.17) is 4.74 Å². The molecule has 0 radical (unpaired) electrons. The summed E-state index contributed by atoms with van der Waals surface area (Å²) >= 11 is 0. The molecule has 6 nitrogen and oxygen atoms in total. The summed E-state index contributed by atoms with van der Waals surface area (Å²) in [6, 6.07) is 9.22. The van der Waals surface area contributed by atoms with Gasteiger partial charge in [0.2, 0.25) is 5.91 Å². The summed E-state index contributed by atoms with van der Waals surface area (Å²) in [6.45, 7) is 1.15. The first-order valence-corrected chi connectivity index (χ1v) is 8.76. The van der Waals surface area contributed by atoms with Crippen LogP contribution in [-0.2, 0) is 4.79 Å². The third-order valence-electron chi connectivity index (χ3n) is 5.09. The zero-order chi connectivity index (χ0) is 17.4. The van der Waals surface area contributed by atoms with Gasteiger partial charge in [-0.2, -0.15) is 0 Å². The second-order valence-electron chi connectivity index (χ2n) is 6.60. The molecule has 0 N–H and O–H groups in total. The number of pyridine rings is 1. The molecule has 6 heteroatoms. The third kappa shape index (κ3) is 2.71. The molecule has 2 aliphatic rings. The Kier molecular flexibility index (Phi) is 4.03. The van der Waals surface area contributed by atoms with E-state index >= 15 is 0 Å². The van der Waals surface area contributed by atoms with Gasteiger partial charge in [-0.15, -0.1) is 0 Å². The van der Waals surface area contributed by atoms with Crippen LogP contribution in [0.2, 0.25) is 0 Å². The van der Waals surface area contributed by atoms with Crippen LogP contribution in [0, 0.1) is 5.92 Å². The molecule has 1 aromatic heterocycles. The number of nitrogens with zero attached hydrogens (tertiary/aromatic N) is 3. The topological polar surface area (TPSA) is 62.7 Å². The second kappa shape index (κ2) is 6.35. The first-order valence-electron chi connectivity index (χ1n) is 8.76. The van der Waals surface area contributed by atoms with E-state index in [1.165, 1.54) is 0 Å². The number of carbonyl (C=O) groups is 2. The van der Waals surface area contributed by atoms with Crippen molar-refractivity contribution in [2.75, 3.05) is 20.2 Å². The zero-order valence-corrected chi connectivity index (χ0v) is 14.3. The predicted molar refractivity (Wildman–Crippen MR) is 93.0 cm³/mol. The summed E-state index contributed by atoms with van der Waals surface area (Å²) < 4.78 is 5.43. The van der Waals surface area contributed by atoms with Gasteiger partial charge in [-0.05, 0) is 31.4 Å². The number of aromatic nitrogens is 1. The highest BCUT2D eigenvalue weighted by Gasteiger charge is 2.37. The van der Waals surface area contributed by atoms with Crippen molar-refractivity contribution in [1.29, 1.82) is 0 Å². The smallest absolute Gasteiger partial charge is 0.291 e. The maximum atomic E-state index is 13.0. The van der Waals surface area contributed by atoms with Crippen LogP contribution in [0.1, 0.15) is 36.2 Å². The Morgan fingerprint density at radius 1 is 1.12 bits per heavy atom. The monoisotopic (exact) mass is 339 g/mol. The SMILES string of the molecule is COc1cc(C(=O)N2CCCN2C(=O)C2CCC2)nc2ccccc12. The highest BCUT2D eigenvalue weighted by molar-refractivity contribution is 5.98. The van der Waals surface area contributed by atoms with Gasteiger partial charge in [0.05, 0.1) is 12.6 Å². The van der Waals surface area contributed by atoms with Crippen LogP contribution in [0.4, 0.5) is 0 Å². The number of methoxy groups -OCH3 is 1. The molecule has 1 aliphatic carbocycles. The number of hydrogen-bond acceptors (Lipinski definition) is 4. The Hall–Kier alpha value is -2.63. The minimum atomic E-state index is -0.241. The molecule has 0 atom stereocenters. The third-order valence-corrected chi connectivity index (χ3v) is 5.09. The lowest BCUT2D eigenvalue weighted by molar-refractivity contribution is -0.147. The second-order valence-corrected chi connectivity index (χ2v) is 6.60. The molecule has 2 aromatic rings. The number of ether oxygens (including phenoxy) is 1. The van der Waals surface area contributed by atoms with Gasteiger partial charge < -0.3 is 4.74 Å². The minimum absolute atomic E-state index is 0.0739. The molecule has 0 bridgehead atoms. The summed E-state index contributed by atoms with van der Waals surface area (Å²) in [5.41, 5.74) is 1.02. The molecule has 25 heavy (non-hydrogen) atoms. The van der Waals surface area contributed by atoms with E-state index in [1.54, 1.807) is 23.2 Å². The van der Waals surface area contributed by atoms with Crippen LogP contribution in [0.15, 0.2) is 30.3 Å². The van der Waals surface area contributed by atoms with Gasteiger partial charge in [-0.25, -0.2) is 9.99 Å². The van der Waals surface area contributed by atoms with Crippen molar-refractivity contribution in [2.45, 2.75) is 25.7 Å². The van der Waals surface area contributed by atoms with Gasteiger partial charge in [0.15, 0.2) is 0 Å². The number of hydrogen-bond donors (Lipinski definition) is 0. The minimum Gasteiger partial charge on any atom is -0.496 e. The molecule has 2 amide bonds. The van der Waals surface area contributed by atoms with E-state index in [1.807, 2.05) is 24.3 Å². The highest BCUT2D eigenvalue weighted by atomic mass is 16.5. The van der Waals surface area contributed by atoms with Crippen molar-refractivity contribution in [3.8, 4) is 5.75 Å². The first kappa shape index (κ1) is 15.9. The van der Waals surface area contributed by atoms with Crippen molar-refractivity contribution < 1.29 is 14.3 Å². The van der Waals surface area contributed by atoms with Crippen LogP contribution in [0.25, 0.3) is 10.9 Å². The number of fused-ring (bicyclic) bond motifs is 1. The average molecular weight is 339 g/mol. The van der Waals surface area contributed by atoms with Gasteiger partial charge >= 0.3 is 0 Å². The molecular weight excluding hydrogens is 318 g/mol. The lowest BCUT2D eigenvalue weighted by Gasteiger charge is -2.34. The Labute approximate surface area is 146 Å². The van der Waals surface area contributed by atoms with Crippen LogP contribution in [0.5, 0.6) is 5.75 Å². The standard InChI is InChI=1S/C19H21N3O3/c1-25-17-12-16(20-15-9-3-2-8-14(15)17)19(24)22-11-5-10-21(22)18(23)13-6-4-7-13/h2-3,8-9,12-13H,4-7,10-11H2,1H3. The maximum Gasteiger partial charge on any atom is 0.291 e. The van der Waals surface area contributed by atoms with Gasteiger partial charge in [0.1, 0.15) is 11.4 Å². The van der Waals surface area contributed by atoms with Crippen LogP contribution < -0.4 is 4.74 Å². The molecule has 1 saturated heterocycles. The molecular formula is C19H21N3O3. The lowest BCUT2D eigenvalue weighted by atomic mass is 9.84. The van der Waals surface area contributed by atoms with E-state index < -0.39 is 0 Å². The Morgan fingerprint density at radius 2 is 1.88 bits per heavy atom. The van der Waals surface area contributed by atoms with Gasteiger partial charge in [-0.1, -0.05) is 18.6 Å². The fourth-order valence-corrected chi connectivity index (χ4v) is 3.47. The number of rotatable bonds is 3. The molecule has 4 rings (SSSR count). The molecule has 1 saturated carbocycles. The summed E-state index contributed by atoms with van der Waals surface area (Å²) in [4.78, 5) is 30.1. The summed E-state index contributed by atoms with van der Waals surface area (Å²) in [5.74, 6) is 0.525. The fourth-order valence-electron chi connectivity index (χ4n) is 3.47. The zero-order valence-electron chi connectivity index (χ0n) is 14.3. The first-order chi connectivity index (χ1) is 12.2. The van der Waals surface area contributed by atoms with Crippen molar-refractivity contribution in [2.24, 2.45) is 5.92 Å². The van der Waals surface area contributed by atoms with Gasteiger partial charge in [0.25, 0.3) is 5.91 Å². The molecule has 2 heterocycles. The summed E-state index contributed by atoms with van der Waals surface area (Å²) in [6.07, 6.45) is 3.76. The Bertz CT molecular complexity index is 832. The normalized spacial score (nSPS) is 17.6. The van der Waals surface area contributed by atoms with Crippen molar-refractivity contribution in [3.63, 3.8) is 0 Å². The number of para-hydroxylation sites is 1. The molecule has 1 aromatic carbocycles. The van der Waals surface area contributed by atoms with E-state index in [-0.39, 0.29) is 17.7 Å². The highest BCUT2D eigenvalue weighted by Crippen LogP contribution is 2.31. The number of amides is 2. The van der Waals surface area contributed by atoms with Crippen molar-refractivity contribution in [1.82, 2.24) is 15.0 Å². The molecule has 0 spiro atoms. The molecule has 2 fully saturated rings. The molecule has 130 valence electrons. The quantitative estimate of drug-likeness (QED) is 0.862. The Balaban J connectivity index is 1.65.